The third-order valence-corrected chi connectivity index (χ3v) is 6.70. The first-order valence-electron chi connectivity index (χ1n) is 11.4. The average Bonchev–Trinajstić information content (AvgIpc) is 3.47. The molecule has 1 aliphatic carbocycles. The predicted molar refractivity (Wildman–Crippen MR) is 114 cm³/mol. The first kappa shape index (κ1) is 21.8. The Morgan fingerprint density at radius 2 is 2.10 bits per heavy atom. The Bertz CT molecular complexity index is 810. The van der Waals surface area contributed by atoms with Crippen molar-refractivity contribution < 1.29 is 23.8 Å². The molecular weight excluding hydrogens is 396 g/mol. The number of allylic oxidation sites excluding steroid dienone is 2. The number of aliphatic hydroxyl groups is 1. The summed E-state index contributed by atoms with van der Waals surface area (Å²) in [6.45, 7) is 0.749. The minimum Gasteiger partial charge on any atom is -0.465 e. The van der Waals surface area contributed by atoms with Gasteiger partial charge in [-0.2, -0.15) is 0 Å². The van der Waals surface area contributed by atoms with Gasteiger partial charge in [-0.3, -0.25) is 14.5 Å². The molecule has 1 aromatic rings. The van der Waals surface area contributed by atoms with Crippen molar-refractivity contribution in [2.45, 2.75) is 63.6 Å². The second-order valence-corrected chi connectivity index (χ2v) is 8.83. The van der Waals surface area contributed by atoms with E-state index in [1.165, 1.54) is 25.4 Å². The van der Waals surface area contributed by atoms with Gasteiger partial charge in [0.25, 0.3) is 5.91 Å². The summed E-state index contributed by atoms with van der Waals surface area (Å²) in [6, 6.07) is 3.22. The number of aliphatic hydroxyl groups excluding tert-OH is 1. The Hall–Kier alpha value is -2.38. The molecule has 3 heterocycles. The van der Waals surface area contributed by atoms with Gasteiger partial charge >= 0.3 is 0 Å². The third kappa shape index (κ3) is 5.46. The number of ether oxygens (including phenoxy) is 1. The third-order valence-electron chi connectivity index (χ3n) is 6.70. The molecule has 1 saturated carbocycles. The van der Waals surface area contributed by atoms with Crippen molar-refractivity contribution in [3.05, 3.63) is 48.3 Å². The fourth-order valence-corrected chi connectivity index (χ4v) is 5.04. The highest BCUT2D eigenvalue weighted by Crippen LogP contribution is 2.33. The molecule has 0 radical (unpaired) electrons. The van der Waals surface area contributed by atoms with E-state index < -0.39 is 6.23 Å². The highest BCUT2D eigenvalue weighted by molar-refractivity contribution is 5.92. The van der Waals surface area contributed by atoms with Gasteiger partial charge in [0, 0.05) is 18.5 Å². The van der Waals surface area contributed by atoms with Crippen LogP contribution in [0.2, 0.25) is 0 Å². The van der Waals surface area contributed by atoms with Crippen molar-refractivity contribution >= 4 is 11.7 Å². The molecule has 0 spiro atoms. The summed E-state index contributed by atoms with van der Waals surface area (Å²) in [6.07, 6.45) is 13.4. The number of rotatable bonds is 7. The van der Waals surface area contributed by atoms with Crippen LogP contribution in [0.25, 0.3) is 0 Å². The Morgan fingerprint density at radius 3 is 2.81 bits per heavy atom. The van der Waals surface area contributed by atoms with Gasteiger partial charge in [-0.05, 0) is 55.9 Å². The molecule has 3 aliphatic rings. The SMILES string of the molecule is O=C(NC(CC1CCCC1)C1CCCN(C(O)c2ccco2)CC1=O)C1=CCC=CO1. The Balaban J connectivity index is 1.46. The summed E-state index contributed by atoms with van der Waals surface area (Å²) in [5, 5.41) is 13.8. The van der Waals surface area contributed by atoms with E-state index in [9.17, 15) is 14.7 Å². The van der Waals surface area contributed by atoms with E-state index in [-0.39, 0.29) is 30.2 Å². The molecule has 1 saturated heterocycles. The van der Waals surface area contributed by atoms with Gasteiger partial charge in [0.05, 0.1) is 19.1 Å². The number of Topliss-reactive ketones (excluding diaryl/α,β-unsaturated/α-hetero) is 1. The van der Waals surface area contributed by atoms with Gasteiger partial charge in [0.2, 0.25) is 0 Å². The lowest BCUT2D eigenvalue weighted by Crippen LogP contribution is -2.46. The maximum Gasteiger partial charge on any atom is 0.286 e. The fraction of sp³-hybridized carbons (Fsp3) is 0.583. The number of hydrogen-bond acceptors (Lipinski definition) is 6. The van der Waals surface area contributed by atoms with Crippen LogP contribution in [0.4, 0.5) is 0 Å². The van der Waals surface area contributed by atoms with Crippen molar-refractivity contribution in [3.63, 3.8) is 0 Å². The minimum absolute atomic E-state index is 0.0600. The summed E-state index contributed by atoms with van der Waals surface area (Å²) in [5.74, 6) is 0.818. The van der Waals surface area contributed by atoms with Crippen LogP contribution in [-0.4, -0.2) is 40.8 Å². The summed E-state index contributed by atoms with van der Waals surface area (Å²) in [4.78, 5) is 27.9. The molecule has 7 nitrogen and oxygen atoms in total. The smallest absolute Gasteiger partial charge is 0.286 e. The van der Waals surface area contributed by atoms with Crippen molar-refractivity contribution in [3.8, 4) is 0 Å². The molecule has 4 rings (SSSR count). The number of nitrogens with one attached hydrogen (secondary N) is 1. The number of furan rings is 1. The molecule has 31 heavy (non-hydrogen) atoms. The zero-order valence-corrected chi connectivity index (χ0v) is 17.9. The van der Waals surface area contributed by atoms with Crippen LogP contribution in [0.15, 0.2) is 47.0 Å². The van der Waals surface area contributed by atoms with Crippen molar-refractivity contribution in [1.82, 2.24) is 10.2 Å². The molecule has 2 aliphatic heterocycles. The summed E-state index contributed by atoms with van der Waals surface area (Å²) < 4.78 is 10.7. The molecule has 1 amide bonds. The first-order valence-corrected chi connectivity index (χ1v) is 11.4. The van der Waals surface area contributed by atoms with Crippen LogP contribution in [0.5, 0.6) is 0 Å². The Kier molecular flexibility index (Phi) is 7.25. The molecule has 7 heteroatoms. The quantitative estimate of drug-likeness (QED) is 0.691. The largest absolute Gasteiger partial charge is 0.465 e. The number of hydrogen-bond donors (Lipinski definition) is 2. The number of ketones is 1. The zero-order valence-electron chi connectivity index (χ0n) is 17.9. The lowest BCUT2D eigenvalue weighted by Gasteiger charge is -2.29. The van der Waals surface area contributed by atoms with Crippen molar-refractivity contribution in [1.29, 1.82) is 0 Å². The van der Waals surface area contributed by atoms with E-state index in [0.29, 0.717) is 36.8 Å². The average molecular weight is 429 g/mol. The molecule has 2 fully saturated rings. The van der Waals surface area contributed by atoms with E-state index in [1.807, 2.05) is 6.08 Å². The van der Waals surface area contributed by atoms with Crippen LogP contribution >= 0.6 is 0 Å². The second-order valence-electron chi connectivity index (χ2n) is 8.83. The van der Waals surface area contributed by atoms with Gasteiger partial charge in [-0.15, -0.1) is 0 Å². The van der Waals surface area contributed by atoms with Gasteiger partial charge < -0.3 is 19.6 Å². The highest BCUT2D eigenvalue weighted by atomic mass is 16.5. The summed E-state index contributed by atoms with van der Waals surface area (Å²) in [7, 11) is 0. The first-order chi connectivity index (χ1) is 15.1. The number of carbonyl (C=O) groups excluding carboxylic acids is 2. The van der Waals surface area contributed by atoms with Gasteiger partial charge in [0.1, 0.15) is 5.76 Å². The zero-order chi connectivity index (χ0) is 21.6. The predicted octanol–water partition coefficient (Wildman–Crippen LogP) is 3.43. The molecule has 0 aromatic carbocycles. The minimum atomic E-state index is -0.937. The van der Waals surface area contributed by atoms with E-state index in [2.05, 4.69) is 5.32 Å². The fourth-order valence-electron chi connectivity index (χ4n) is 5.04. The summed E-state index contributed by atoms with van der Waals surface area (Å²) >= 11 is 0. The standard InChI is InChI=1S/C24H32N2O5/c27-20-16-26(24(29)22-11-6-14-31-22)12-5-9-18(20)19(15-17-7-1-2-8-17)25-23(28)21-10-3-4-13-30-21/h4,6,10-11,13-14,17-19,24,29H,1-3,5,7-9,12,15-16H2,(H,25,28). The number of amides is 1. The normalized spacial score (nSPS) is 24.9. The van der Waals surface area contributed by atoms with Crippen LogP contribution in [-0.2, 0) is 14.3 Å². The van der Waals surface area contributed by atoms with Crippen molar-refractivity contribution in [2.75, 3.05) is 13.1 Å². The van der Waals surface area contributed by atoms with Crippen LogP contribution in [0.1, 0.15) is 63.4 Å². The lowest BCUT2D eigenvalue weighted by molar-refractivity contribution is -0.128. The van der Waals surface area contributed by atoms with Gasteiger partial charge in [-0.1, -0.05) is 25.7 Å². The molecule has 2 N–H and O–H groups in total. The Labute approximate surface area is 183 Å². The maximum absolute atomic E-state index is 13.3. The molecular formula is C24H32N2O5. The van der Waals surface area contributed by atoms with Crippen molar-refractivity contribution in [2.24, 2.45) is 11.8 Å². The lowest BCUT2D eigenvalue weighted by atomic mass is 9.84. The molecule has 168 valence electrons. The number of likely N-dealkylation sites (tertiary alicyclic amines) is 1. The van der Waals surface area contributed by atoms with Crippen LogP contribution in [0.3, 0.4) is 0 Å². The van der Waals surface area contributed by atoms with E-state index >= 15 is 0 Å². The monoisotopic (exact) mass is 428 g/mol. The molecule has 3 atom stereocenters. The van der Waals surface area contributed by atoms with Gasteiger partial charge in [0.15, 0.2) is 17.8 Å². The van der Waals surface area contributed by atoms with Crippen LogP contribution in [0, 0.1) is 11.8 Å². The number of carbonyl (C=O) groups is 2. The maximum atomic E-state index is 13.3. The summed E-state index contributed by atoms with van der Waals surface area (Å²) in [5.41, 5.74) is 0. The molecule has 0 bridgehead atoms. The second kappa shape index (κ2) is 10.3. The molecule has 3 unspecified atom stereocenters. The van der Waals surface area contributed by atoms with E-state index in [0.717, 1.165) is 25.7 Å². The highest BCUT2D eigenvalue weighted by Gasteiger charge is 2.36. The van der Waals surface area contributed by atoms with Gasteiger partial charge in [-0.25, -0.2) is 0 Å². The van der Waals surface area contributed by atoms with Crippen LogP contribution < -0.4 is 5.32 Å². The van der Waals surface area contributed by atoms with E-state index in [4.69, 9.17) is 9.15 Å². The molecule has 1 aromatic heterocycles. The topological polar surface area (TPSA) is 92.0 Å². The Morgan fingerprint density at radius 1 is 1.26 bits per heavy atom. The number of nitrogens with zero attached hydrogens (tertiary/aromatic N) is 1. The van der Waals surface area contributed by atoms with E-state index in [1.54, 1.807) is 23.1 Å².